The van der Waals surface area contributed by atoms with E-state index in [1.54, 1.807) is 0 Å². The Morgan fingerprint density at radius 2 is 1.71 bits per heavy atom. The molecule has 1 heteroatoms. The van der Waals surface area contributed by atoms with Crippen LogP contribution in [0.3, 0.4) is 0 Å². The van der Waals surface area contributed by atoms with Crippen molar-refractivity contribution in [2.24, 2.45) is 0 Å². The van der Waals surface area contributed by atoms with Gasteiger partial charge >= 0.3 is 1.43 Å². The molecule has 0 amide bonds. The molecule has 0 saturated heterocycles. The number of benzene rings is 1. The van der Waals surface area contributed by atoms with Crippen LogP contribution in [-0.2, 0) is 0 Å². The van der Waals surface area contributed by atoms with Crippen molar-refractivity contribution in [2.45, 2.75) is 0 Å². The minimum atomic E-state index is 0. The lowest BCUT2D eigenvalue weighted by molar-refractivity contribution is 1.78. The molecule has 1 rings (SSSR count). The van der Waals surface area contributed by atoms with Gasteiger partial charge in [-0.15, -0.1) is 0 Å². The van der Waals surface area contributed by atoms with E-state index in [9.17, 15) is 0 Å². The lowest BCUT2D eigenvalue weighted by Gasteiger charge is -1.82. The van der Waals surface area contributed by atoms with Gasteiger partial charge in [-0.05, 0) is 0 Å². The number of hydrogen-bond acceptors (Lipinski definition) is 0. The van der Waals surface area contributed by atoms with Gasteiger partial charge in [0.1, 0.15) is 7.85 Å². The van der Waals surface area contributed by atoms with Crippen molar-refractivity contribution in [3.8, 4) is 0 Å². The van der Waals surface area contributed by atoms with Crippen LogP contribution in [0.25, 0.3) is 0 Å². The Balaban J connectivity index is 0.000000490. The zero-order valence-corrected chi connectivity index (χ0v) is 4.39. The molecule has 0 saturated carbocycles. The third-order valence-corrected chi connectivity index (χ3v) is 0.940. The van der Waals surface area contributed by atoms with Crippen molar-refractivity contribution in [3.05, 3.63) is 30.3 Å². The van der Waals surface area contributed by atoms with Crippen LogP contribution >= 0.6 is 0 Å². The summed E-state index contributed by atoms with van der Waals surface area (Å²) in [5.41, 5.74) is 1.32. The van der Waals surface area contributed by atoms with E-state index in [1.165, 1.54) is 5.46 Å². The second kappa shape index (κ2) is 1.83. The molecule has 7 heavy (non-hydrogen) atoms. The Morgan fingerprint density at radius 3 is 2.00 bits per heavy atom. The molecule has 0 aliphatic heterocycles. The summed E-state index contributed by atoms with van der Waals surface area (Å²) in [6.45, 7) is 0. The van der Waals surface area contributed by atoms with Gasteiger partial charge in [-0.1, -0.05) is 35.8 Å². The second-order valence-electron chi connectivity index (χ2n) is 1.65. The molecule has 1 aromatic rings. The zero-order valence-electron chi connectivity index (χ0n) is 5.39. The first-order valence-corrected chi connectivity index (χ1v) is 2.41. The van der Waals surface area contributed by atoms with Crippen LogP contribution in [0.5, 0.6) is 0 Å². The fraction of sp³-hybridized carbons (Fsp3) is 0. The maximum Gasteiger partial charge on any atom is 1.00 e. The van der Waals surface area contributed by atoms with Crippen LogP contribution in [0, 0.1) is 0 Å². The van der Waals surface area contributed by atoms with Gasteiger partial charge < -0.3 is 0 Å². The van der Waals surface area contributed by atoms with Crippen LogP contribution in [0.2, 0.25) is 0 Å². The normalized spacial score (nSPS) is 8.57. The highest BCUT2D eigenvalue weighted by atomic mass is 13.7. The van der Waals surface area contributed by atoms with E-state index in [0.29, 0.717) is 0 Å². The molecule has 0 fully saturated rings. The first-order valence-electron chi connectivity index (χ1n) is 2.41. The summed E-state index contributed by atoms with van der Waals surface area (Å²) in [5.74, 6) is 0. The van der Waals surface area contributed by atoms with Gasteiger partial charge in [0.25, 0.3) is 0 Å². The van der Waals surface area contributed by atoms with Crippen molar-refractivity contribution in [1.82, 2.24) is 0 Å². The molecule has 0 unspecified atom stereocenters. The van der Waals surface area contributed by atoms with Gasteiger partial charge in [-0.2, -0.15) is 0 Å². The van der Waals surface area contributed by atoms with Crippen LogP contribution < -0.4 is 5.46 Å². The fourth-order valence-electron chi connectivity index (χ4n) is 0.534. The third-order valence-electron chi connectivity index (χ3n) is 0.940. The lowest BCUT2D eigenvalue weighted by Crippen LogP contribution is -1.97. The highest BCUT2D eigenvalue weighted by Gasteiger charge is 1.72. The Bertz CT molecular complexity index is 138. The number of rotatable bonds is 0. The van der Waals surface area contributed by atoms with E-state index >= 15 is 0 Å². The zero-order chi connectivity index (χ0) is 5.11. The smallest absolute Gasteiger partial charge is 0.0890 e. The molecule has 0 N–H and O–H groups in total. The van der Waals surface area contributed by atoms with E-state index in [0.717, 1.165) is 0 Å². The first-order chi connectivity index (χ1) is 3.39. The Hall–Kier alpha value is -0.715. The topological polar surface area (TPSA) is 0 Å². The molecular formula is C6H8B+. The molecule has 0 nitrogen and oxygen atoms in total. The van der Waals surface area contributed by atoms with Gasteiger partial charge in [-0.3, -0.25) is 0 Å². The predicted molar refractivity (Wildman–Crippen MR) is 35.7 cm³/mol. The van der Waals surface area contributed by atoms with Gasteiger partial charge in [0.05, 0.1) is 0 Å². The van der Waals surface area contributed by atoms with Gasteiger partial charge in [-0.25, -0.2) is 0 Å². The van der Waals surface area contributed by atoms with Crippen LogP contribution in [0.15, 0.2) is 30.3 Å². The summed E-state index contributed by atoms with van der Waals surface area (Å²) in [4.78, 5) is 0. The molecule has 0 aliphatic carbocycles. The van der Waals surface area contributed by atoms with Crippen molar-refractivity contribution in [3.63, 3.8) is 0 Å². The second-order valence-corrected chi connectivity index (χ2v) is 1.65. The Kier molecular flexibility index (Phi) is 1.16. The Labute approximate surface area is 46.1 Å². The summed E-state index contributed by atoms with van der Waals surface area (Å²) in [5, 5.41) is 0. The van der Waals surface area contributed by atoms with Crippen molar-refractivity contribution in [2.75, 3.05) is 0 Å². The van der Waals surface area contributed by atoms with Crippen LogP contribution in [0.1, 0.15) is 1.43 Å². The molecule has 0 radical (unpaired) electrons. The quantitative estimate of drug-likeness (QED) is 0.396. The molecule has 0 bridgehead atoms. The summed E-state index contributed by atoms with van der Waals surface area (Å²) in [7, 11) is 2.08. The third kappa shape index (κ3) is 1.07. The van der Waals surface area contributed by atoms with E-state index in [2.05, 4.69) is 20.0 Å². The standard InChI is InChI=1S/C6H7B/c7-6-4-2-1-3-5-6/h1-5H,7H2/p+1. The molecule has 0 aliphatic rings. The lowest BCUT2D eigenvalue weighted by atomic mass is 9.97. The van der Waals surface area contributed by atoms with Crippen molar-refractivity contribution < 1.29 is 1.43 Å². The number of hydrogen-bond donors (Lipinski definition) is 0. The van der Waals surface area contributed by atoms with Crippen LogP contribution in [0.4, 0.5) is 0 Å². The summed E-state index contributed by atoms with van der Waals surface area (Å²) < 4.78 is 0. The SMILES string of the molecule is Bc1ccccc1.[H+]. The molecule has 0 heterocycles. The Morgan fingerprint density at radius 1 is 1.14 bits per heavy atom. The maximum absolute atomic E-state index is 2.08. The average molecular weight is 90.9 g/mol. The highest BCUT2D eigenvalue weighted by molar-refractivity contribution is 6.32. The minimum absolute atomic E-state index is 0. The van der Waals surface area contributed by atoms with Crippen molar-refractivity contribution in [1.29, 1.82) is 0 Å². The largest absolute Gasteiger partial charge is 1.00 e. The molecule has 0 aromatic heterocycles. The summed E-state index contributed by atoms with van der Waals surface area (Å²) in [6, 6.07) is 10.3. The fourth-order valence-corrected chi connectivity index (χ4v) is 0.534. The molecule has 0 spiro atoms. The molecule has 0 atom stereocenters. The van der Waals surface area contributed by atoms with Gasteiger partial charge in [0, 0.05) is 0 Å². The van der Waals surface area contributed by atoms with Gasteiger partial charge in [0.15, 0.2) is 0 Å². The molecule has 1 aromatic carbocycles. The minimum Gasteiger partial charge on any atom is -0.0890 e. The average Bonchev–Trinajstić information content (AvgIpc) is 1.69. The van der Waals surface area contributed by atoms with E-state index in [4.69, 9.17) is 0 Å². The van der Waals surface area contributed by atoms with Crippen LogP contribution in [-0.4, -0.2) is 7.85 Å². The maximum atomic E-state index is 2.08. The summed E-state index contributed by atoms with van der Waals surface area (Å²) in [6.07, 6.45) is 0. The summed E-state index contributed by atoms with van der Waals surface area (Å²) >= 11 is 0. The molecule has 34 valence electrons. The van der Waals surface area contributed by atoms with E-state index in [1.807, 2.05) is 18.2 Å². The van der Waals surface area contributed by atoms with Crippen molar-refractivity contribution >= 4 is 13.3 Å². The van der Waals surface area contributed by atoms with E-state index in [-0.39, 0.29) is 1.43 Å². The first kappa shape index (κ1) is 4.44. The highest BCUT2D eigenvalue weighted by Crippen LogP contribution is 1.76. The molecular weight excluding hydrogens is 82.9 g/mol. The monoisotopic (exact) mass is 91.1 g/mol. The van der Waals surface area contributed by atoms with E-state index < -0.39 is 0 Å². The van der Waals surface area contributed by atoms with Gasteiger partial charge in [0.2, 0.25) is 0 Å². The predicted octanol–water partition coefficient (Wildman–Crippen LogP) is 0.0575.